The van der Waals surface area contributed by atoms with Crippen LogP contribution in [-0.2, 0) is 4.79 Å². The lowest BCUT2D eigenvalue weighted by atomic mass is 10.3. The molecular formula is C12H18N4O2S. The summed E-state index contributed by atoms with van der Waals surface area (Å²) in [7, 11) is 0. The van der Waals surface area contributed by atoms with Gasteiger partial charge < -0.3 is 10.6 Å². The number of thioether (sulfide) groups is 1. The summed E-state index contributed by atoms with van der Waals surface area (Å²) in [5.74, 6) is 0.253. The maximum absolute atomic E-state index is 11.9. The first-order valence-electron chi connectivity index (χ1n) is 6.10. The number of amides is 2. The molecule has 2 N–H and O–H groups in total. The van der Waals surface area contributed by atoms with Crippen molar-refractivity contribution in [3.05, 3.63) is 17.5 Å². The zero-order valence-electron chi connectivity index (χ0n) is 11.3. The van der Waals surface area contributed by atoms with E-state index in [4.69, 9.17) is 0 Å². The molecule has 0 aliphatic carbocycles. The van der Waals surface area contributed by atoms with Crippen molar-refractivity contribution < 1.29 is 9.59 Å². The number of nitrogens with zero attached hydrogens (tertiary/aromatic N) is 2. The first kappa shape index (κ1) is 15.4. The number of carbonyl (C=O) groups is 2. The molecule has 1 aromatic rings. The summed E-state index contributed by atoms with van der Waals surface area (Å²) in [6.07, 6.45) is 0. The van der Waals surface area contributed by atoms with E-state index in [2.05, 4.69) is 20.6 Å². The highest BCUT2D eigenvalue weighted by molar-refractivity contribution is 7.99. The molecule has 2 amide bonds. The summed E-state index contributed by atoms with van der Waals surface area (Å²) >= 11 is 1.47. The van der Waals surface area contributed by atoms with E-state index in [1.807, 2.05) is 20.8 Å². The number of hydrogen-bond acceptors (Lipinski definition) is 5. The Morgan fingerprint density at radius 3 is 2.63 bits per heavy atom. The molecule has 19 heavy (non-hydrogen) atoms. The predicted molar refractivity (Wildman–Crippen MR) is 74.2 cm³/mol. The van der Waals surface area contributed by atoms with Gasteiger partial charge in [0.25, 0.3) is 5.91 Å². The minimum Gasteiger partial charge on any atom is -0.355 e. The number of aromatic nitrogens is 2. The molecule has 0 spiro atoms. The number of hydrogen-bond donors (Lipinski definition) is 2. The maximum atomic E-state index is 11.9. The van der Waals surface area contributed by atoms with Crippen molar-refractivity contribution in [2.45, 2.75) is 25.9 Å². The van der Waals surface area contributed by atoms with Crippen LogP contribution in [-0.4, -0.2) is 40.6 Å². The maximum Gasteiger partial charge on any atom is 0.270 e. The van der Waals surface area contributed by atoms with Crippen molar-refractivity contribution in [2.24, 2.45) is 0 Å². The molecule has 1 rings (SSSR count). The fourth-order valence-corrected chi connectivity index (χ4v) is 1.99. The third-order valence-electron chi connectivity index (χ3n) is 2.12. The van der Waals surface area contributed by atoms with Gasteiger partial charge in [-0.25, -0.2) is 9.97 Å². The molecule has 0 aliphatic heterocycles. The Labute approximate surface area is 116 Å². The van der Waals surface area contributed by atoms with Crippen LogP contribution in [0.15, 0.2) is 11.2 Å². The average Bonchev–Trinajstić information content (AvgIpc) is 2.36. The summed E-state index contributed by atoms with van der Waals surface area (Å²) in [5, 5.41) is 5.71. The first-order chi connectivity index (χ1) is 9.06. The third kappa shape index (κ3) is 5.25. The van der Waals surface area contributed by atoms with E-state index in [9.17, 15) is 9.59 Å². The van der Waals surface area contributed by atoms with E-state index >= 15 is 0 Å². The van der Waals surface area contributed by atoms with E-state index in [0.717, 1.165) is 11.4 Å². The highest BCUT2D eigenvalue weighted by Crippen LogP contribution is 2.13. The Balaban J connectivity index is 2.68. The van der Waals surface area contributed by atoms with Crippen LogP contribution in [0.2, 0.25) is 0 Å². The molecular weight excluding hydrogens is 264 g/mol. The number of aryl methyl sites for hydroxylation is 1. The average molecular weight is 282 g/mol. The summed E-state index contributed by atoms with van der Waals surface area (Å²) in [5.41, 5.74) is 1.02. The van der Waals surface area contributed by atoms with Crippen molar-refractivity contribution >= 4 is 23.6 Å². The van der Waals surface area contributed by atoms with Crippen molar-refractivity contribution in [1.82, 2.24) is 20.6 Å². The van der Waals surface area contributed by atoms with Crippen molar-refractivity contribution in [1.29, 1.82) is 0 Å². The molecule has 104 valence electrons. The van der Waals surface area contributed by atoms with Gasteiger partial charge in [0.1, 0.15) is 5.69 Å². The number of rotatable bonds is 6. The van der Waals surface area contributed by atoms with Gasteiger partial charge >= 0.3 is 0 Å². The Morgan fingerprint density at radius 2 is 2.00 bits per heavy atom. The molecule has 0 bridgehead atoms. The van der Waals surface area contributed by atoms with Crippen LogP contribution in [0.5, 0.6) is 0 Å². The van der Waals surface area contributed by atoms with E-state index in [-0.39, 0.29) is 24.1 Å². The van der Waals surface area contributed by atoms with E-state index in [1.165, 1.54) is 11.8 Å². The number of carbonyl (C=O) groups excluding carboxylic acids is 2. The van der Waals surface area contributed by atoms with Gasteiger partial charge in [0.15, 0.2) is 5.16 Å². The van der Waals surface area contributed by atoms with Crippen LogP contribution in [0.4, 0.5) is 0 Å². The minimum absolute atomic E-state index is 0.0496. The fourth-order valence-electron chi connectivity index (χ4n) is 1.36. The van der Waals surface area contributed by atoms with Crippen molar-refractivity contribution in [3.63, 3.8) is 0 Å². The topological polar surface area (TPSA) is 84.0 Å². The highest BCUT2D eigenvalue weighted by Gasteiger charge is 2.11. The van der Waals surface area contributed by atoms with Gasteiger partial charge in [0.2, 0.25) is 5.91 Å². The lowest BCUT2D eigenvalue weighted by Crippen LogP contribution is -2.37. The van der Waals surface area contributed by atoms with E-state index in [1.54, 1.807) is 6.07 Å². The Kier molecular flexibility index (Phi) is 6.27. The number of likely N-dealkylation sites (N-methyl/N-ethyl adjacent to an activating group) is 1. The molecule has 0 atom stereocenters. The summed E-state index contributed by atoms with van der Waals surface area (Å²) in [6, 6.07) is 1.60. The van der Waals surface area contributed by atoms with Gasteiger partial charge in [-0.05, 0) is 25.7 Å². The van der Waals surface area contributed by atoms with Crippen LogP contribution in [0.3, 0.4) is 0 Å². The molecule has 0 radical (unpaired) electrons. The molecule has 1 aromatic heterocycles. The summed E-state index contributed by atoms with van der Waals surface area (Å²) < 4.78 is 0. The normalized spacial score (nSPS) is 10.1. The molecule has 1 heterocycles. The monoisotopic (exact) mass is 282 g/mol. The Morgan fingerprint density at radius 1 is 1.26 bits per heavy atom. The summed E-state index contributed by atoms with van der Waals surface area (Å²) in [4.78, 5) is 31.5. The van der Waals surface area contributed by atoms with Crippen LogP contribution < -0.4 is 10.6 Å². The van der Waals surface area contributed by atoms with Crippen LogP contribution in [0.25, 0.3) is 0 Å². The zero-order valence-corrected chi connectivity index (χ0v) is 12.1. The number of nitrogens with one attached hydrogen (secondary N) is 2. The van der Waals surface area contributed by atoms with E-state index < -0.39 is 0 Å². The largest absolute Gasteiger partial charge is 0.355 e. The lowest BCUT2D eigenvalue weighted by molar-refractivity contribution is -0.120. The zero-order chi connectivity index (χ0) is 14.3. The smallest absolute Gasteiger partial charge is 0.270 e. The predicted octanol–water partition coefficient (Wildman–Crippen LogP) is 0.763. The highest BCUT2D eigenvalue weighted by atomic mass is 32.2. The lowest BCUT2D eigenvalue weighted by Gasteiger charge is -2.06. The second-order valence-electron chi connectivity index (χ2n) is 3.75. The molecule has 0 aromatic carbocycles. The molecule has 0 fully saturated rings. The van der Waals surface area contributed by atoms with Crippen LogP contribution >= 0.6 is 11.8 Å². The quantitative estimate of drug-likeness (QED) is 0.594. The Bertz CT molecular complexity index is 465. The van der Waals surface area contributed by atoms with Gasteiger partial charge in [-0.3, -0.25) is 9.59 Å². The molecule has 0 aliphatic rings. The Hall–Kier alpha value is -1.63. The van der Waals surface area contributed by atoms with Crippen molar-refractivity contribution in [3.8, 4) is 0 Å². The van der Waals surface area contributed by atoms with Crippen molar-refractivity contribution in [2.75, 3.05) is 18.8 Å². The molecule has 0 saturated carbocycles. The SMILES string of the molecule is CCNC(=O)CNC(=O)c1cc(C)nc(SCC)n1. The van der Waals surface area contributed by atoms with Crippen LogP contribution in [0, 0.1) is 6.92 Å². The van der Waals surface area contributed by atoms with E-state index in [0.29, 0.717) is 11.7 Å². The molecule has 7 heteroatoms. The fraction of sp³-hybridized carbons (Fsp3) is 0.500. The minimum atomic E-state index is -0.366. The second-order valence-corrected chi connectivity index (χ2v) is 4.98. The summed E-state index contributed by atoms with van der Waals surface area (Å²) in [6.45, 7) is 6.11. The van der Waals surface area contributed by atoms with Crippen LogP contribution in [0.1, 0.15) is 30.0 Å². The van der Waals surface area contributed by atoms with Gasteiger partial charge in [0, 0.05) is 12.2 Å². The molecule has 0 unspecified atom stereocenters. The second kappa shape index (κ2) is 7.73. The van der Waals surface area contributed by atoms with Gasteiger partial charge in [-0.2, -0.15) is 0 Å². The van der Waals surface area contributed by atoms with Gasteiger partial charge in [0.05, 0.1) is 6.54 Å². The molecule has 6 nitrogen and oxygen atoms in total. The molecule has 0 saturated heterocycles. The first-order valence-corrected chi connectivity index (χ1v) is 7.08. The standard InChI is InChI=1S/C12H18N4O2S/c1-4-13-10(17)7-14-11(18)9-6-8(3)15-12(16-9)19-5-2/h6H,4-5,7H2,1-3H3,(H,13,17)(H,14,18). The van der Waals surface area contributed by atoms with Gasteiger partial charge in [-0.15, -0.1) is 0 Å². The van der Waals surface area contributed by atoms with Gasteiger partial charge in [-0.1, -0.05) is 18.7 Å². The third-order valence-corrected chi connectivity index (χ3v) is 2.85.